The van der Waals surface area contributed by atoms with Crippen LogP contribution in [0.25, 0.3) is 22.1 Å². The molecule has 3 aromatic carbocycles. The molecule has 10 heteroatoms. The third-order valence-electron chi connectivity index (χ3n) is 6.14. The lowest BCUT2D eigenvalue weighted by Gasteiger charge is -2.13. The van der Waals surface area contributed by atoms with Crippen molar-refractivity contribution in [2.45, 2.75) is 33.6 Å². The minimum absolute atomic E-state index is 0.0148. The molecular weight excluding hydrogens is 543 g/mol. The minimum Gasteiger partial charge on any atom is -0.485 e. The third kappa shape index (κ3) is 6.39. The molecule has 0 unspecified atom stereocenters. The van der Waals surface area contributed by atoms with Gasteiger partial charge in [-0.05, 0) is 54.1 Å². The van der Waals surface area contributed by atoms with Gasteiger partial charge in [-0.3, -0.25) is 14.6 Å². The number of hydrogen-bond acceptors (Lipinski definition) is 9. The highest BCUT2D eigenvalue weighted by Gasteiger charge is 2.19. The highest BCUT2D eigenvalue weighted by atomic mass is 19.1. The standard InChI is InChI=1S/C32H27FN2O7/c1-19(36)40-29-9-5-3-7-27(29)38-17-21-13-22-15-23(18-39-28-8-4-6-10-30(28)41-20(2)37)42-32(22)25(14-21)24-11-12-35-26(16-34)31(24)33/h3-15H,16-18,34H2,1-2H3. The summed E-state index contributed by atoms with van der Waals surface area (Å²) in [6.45, 7) is 2.65. The number of rotatable bonds is 10. The fourth-order valence-electron chi connectivity index (χ4n) is 4.39. The molecule has 0 spiro atoms. The first-order valence-electron chi connectivity index (χ1n) is 13.0. The van der Waals surface area contributed by atoms with Gasteiger partial charge in [0.15, 0.2) is 28.8 Å². The van der Waals surface area contributed by atoms with Crippen LogP contribution in [0, 0.1) is 5.82 Å². The predicted molar refractivity (Wildman–Crippen MR) is 151 cm³/mol. The van der Waals surface area contributed by atoms with Gasteiger partial charge in [0.2, 0.25) is 0 Å². The van der Waals surface area contributed by atoms with Crippen LogP contribution in [0.2, 0.25) is 0 Å². The Morgan fingerprint density at radius 1 is 0.810 bits per heavy atom. The van der Waals surface area contributed by atoms with E-state index in [1.165, 1.54) is 20.0 Å². The summed E-state index contributed by atoms with van der Waals surface area (Å²) in [5.74, 6) is 0.270. The van der Waals surface area contributed by atoms with E-state index in [-0.39, 0.29) is 42.5 Å². The number of esters is 2. The van der Waals surface area contributed by atoms with Crippen molar-refractivity contribution >= 4 is 22.9 Å². The molecule has 5 aromatic rings. The van der Waals surface area contributed by atoms with Crippen molar-refractivity contribution in [3.05, 3.63) is 102 Å². The second-order valence-corrected chi connectivity index (χ2v) is 9.26. The van der Waals surface area contributed by atoms with E-state index in [1.807, 2.05) is 6.07 Å². The number of benzene rings is 3. The lowest BCUT2D eigenvalue weighted by atomic mass is 10.00. The summed E-state index contributed by atoms with van der Waals surface area (Å²) in [5, 5.41) is 0.678. The fraction of sp³-hybridized carbons (Fsp3) is 0.156. The monoisotopic (exact) mass is 570 g/mol. The molecule has 214 valence electrons. The van der Waals surface area contributed by atoms with E-state index < -0.39 is 17.8 Å². The van der Waals surface area contributed by atoms with E-state index in [0.29, 0.717) is 39.4 Å². The number of ether oxygens (including phenoxy) is 4. The van der Waals surface area contributed by atoms with Crippen LogP contribution in [0.15, 0.2) is 83.4 Å². The normalized spacial score (nSPS) is 10.9. The van der Waals surface area contributed by atoms with Crippen molar-refractivity contribution in [3.8, 4) is 34.1 Å². The van der Waals surface area contributed by atoms with Gasteiger partial charge in [0.1, 0.15) is 24.6 Å². The summed E-state index contributed by atoms with van der Waals surface area (Å²) in [5.41, 5.74) is 7.70. The van der Waals surface area contributed by atoms with Crippen LogP contribution >= 0.6 is 0 Å². The van der Waals surface area contributed by atoms with Gasteiger partial charge in [-0.2, -0.15) is 0 Å². The van der Waals surface area contributed by atoms with Gasteiger partial charge < -0.3 is 29.1 Å². The Morgan fingerprint density at radius 2 is 1.40 bits per heavy atom. The number of carbonyl (C=O) groups is 2. The molecule has 9 nitrogen and oxygen atoms in total. The van der Waals surface area contributed by atoms with Crippen molar-refractivity contribution in [1.82, 2.24) is 4.98 Å². The molecule has 0 saturated heterocycles. The van der Waals surface area contributed by atoms with Gasteiger partial charge >= 0.3 is 11.9 Å². The first kappa shape index (κ1) is 28.3. The maximum Gasteiger partial charge on any atom is 0.308 e. The van der Waals surface area contributed by atoms with Gasteiger partial charge in [0.05, 0.1) is 5.69 Å². The number of nitrogens with zero attached hydrogens (tertiary/aromatic N) is 1. The quantitative estimate of drug-likeness (QED) is 0.157. The second kappa shape index (κ2) is 12.5. The molecule has 2 N–H and O–H groups in total. The lowest BCUT2D eigenvalue weighted by molar-refractivity contribution is -0.133. The Morgan fingerprint density at radius 3 is 2.00 bits per heavy atom. The zero-order valence-electron chi connectivity index (χ0n) is 22.9. The minimum atomic E-state index is -0.552. The molecule has 0 aliphatic carbocycles. The summed E-state index contributed by atoms with van der Waals surface area (Å²) in [4.78, 5) is 27.0. The van der Waals surface area contributed by atoms with E-state index >= 15 is 4.39 Å². The van der Waals surface area contributed by atoms with Crippen molar-refractivity contribution < 1.29 is 37.3 Å². The number of para-hydroxylation sites is 4. The Balaban J connectivity index is 1.50. The van der Waals surface area contributed by atoms with E-state index in [1.54, 1.807) is 66.7 Å². The number of carbonyl (C=O) groups excluding carboxylic acids is 2. The average molecular weight is 571 g/mol. The molecule has 0 bridgehead atoms. The zero-order chi connectivity index (χ0) is 29.6. The van der Waals surface area contributed by atoms with Crippen LogP contribution in [0.5, 0.6) is 23.0 Å². The van der Waals surface area contributed by atoms with Crippen LogP contribution in [0.4, 0.5) is 4.39 Å². The smallest absolute Gasteiger partial charge is 0.308 e. The highest BCUT2D eigenvalue weighted by Crippen LogP contribution is 2.36. The summed E-state index contributed by atoms with van der Waals surface area (Å²) in [6.07, 6.45) is 1.49. The topological polar surface area (TPSA) is 123 Å². The van der Waals surface area contributed by atoms with Crippen LogP contribution in [-0.2, 0) is 29.3 Å². The number of pyridine rings is 1. The molecule has 0 fully saturated rings. The number of nitrogens with two attached hydrogens (primary N) is 1. The van der Waals surface area contributed by atoms with Crippen LogP contribution in [0.1, 0.15) is 30.9 Å². The van der Waals surface area contributed by atoms with Gasteiger partial charge in [0.25, 0.3) is 0 Å². The molecule has 5 rings (SSSR count). The Bertz CT molecular complexity index is 1770. The van der Waals surface area contributed by atoms with E-state index in [9.17, 15) is 9.59 Å². The van der Waals surface area contributed by atoms with Gasteiger partial charge in [-0.1, -0.05) is 24.3 Å². The van der Waals surface area contributed by atoms with Gasteiger partial charge in [-0.15, -0.1) is 0 Å². The number of fused-ring (bicyclic) bond motifs is 1. The lowest BCUT2D eigenvalue weighted by Crippen LogP contribution is -2.05. The number of hydrogen-bond donors (Lipinski definition) is 1. The molecular formula is C32H27FN2O7. The number of halogens is 1. The maximum atomic E-state index is 15.4. The van der Waals surface area contributed by atoms with E-state index in [0.717, 1.165) is 0 Å². The van der Waals surface area contributed by atoms with Crippen LogP contribution in [0.3, 0.4) is 0 Å². The molecule has 0 atom stereocenters. The van der Waals surface area contributed by atoms with Crippen LogP contribution < -0.4 is 24.7 Å². The Hall–Kier alpha value is -5.22. The van der Waals surface area contributed by atoms with E-state index in [4.69, 9.17) is 29.1 Å². The van der Waals surface area contributed by atoms with Crippen molar-refractivity contribution in [1.29, 1.82) is 0 Å². The zero-order valence-corrected chi connectivity index (χ0v) is 22.9. The first-order chi connectivity index (χ1) is 20.3. The Labute approximate surface area is 240 Å². The predicted octanol–water partition coefficient (Wildman–Crippen LogP) is 6.10. The summed E-state index contributed by atoms with van der Waals surface area (Å²) >= 11 is 0. The van der Waals surface area contributed by atoms with E-state index in [2.05, 4.69) is 4.98 Å². The van der Waals surface area contributed by atoms with Crippen molar-refractivity contribution in [3.63, 3.8) is 0 Å². The fourth-order valence-corrected chi connectivity index (χ4v) is 4.39. The summed E-state index contributed by atoms with van der Waals surface area (Å²) < 4.78 is 44.0. The average Bonchev–Trinajstić information content (AvgIpc) is 3.38. The molecule has 0 aliphatic heterocycles. The molecule has 2 aromatic heterocycles. The molecule has 42 heavy (non-hydrogen) atoms. The second-order valence-electron chi connectivity index (χ2n) is 9.26. The first-order valence-corrected chi connectivity index (χ1v) is 13.0. The molecule has 0 aliphatic rings. The van der Waals surface area contributed by atoms with Gasteiger partial charge in [-0.25, -0.2) is 4.39 Å². The number of furan rings is 1. The van der Waals surface area contributed by atoms with Crippen molar-refractivity contribution in [2.75, 3.05) is 0 Å². The highest BCUT2D eigenvalue weighted by molar-refractivity contribution is 5.94. The van der Waals surface area contributed by atoms with Crippen molar-refractivity contribution in [2.24, 2.45) is 5.73 Å². The van der Waals surface area contributed by atoms with Crippen LogP contribution in [-0.4, -0.2) is 16.9 Å². The molecule has 0 amide bonds. The molecule has 0 radical (unpaired) electrons. The SMILES string of the molecule is CC(=O)Oc1ccccc1OCc1cc(-c2ccnc(CN)c2F)c2oc(COc3ccccc3OC(C)=O)cc2c1. The largest absolute Gasteiger partial charge is 0.485 e. The Kier molecular flexibility index (Phi) is 8.44. The molecule has 2 heterocycles. The summed E-state index contributed by atoms with van der Waals surface area (Å²) in [6, 6.07) is 20.6. The maximum absolute atomic E-state index is 15.4. The third-order valence-corrected chi connectivity index (χ3v) is 6.14. The number of aromatic nitrogens is 1. The molecule has 0 saturated carbocycles. The summed E-state index contributed by atoms with van der Waals surface area (Å²) in [7, 11) is 0. The van der Waals surface area contributed by atoms with Gasteiger partial charge in [0, 0.05) is 43.1 Å².